The van der Waals surface area contributed by atoms with Gasteiger partial charge in [-0.05, 0) is 5.56 Å². The van der Waals surface area contributed by atoms with E-state index in [1.54, 1.807) is 11.1 Å². The van der Waals surface area contributed by atoms with Crippen LogP contribution in [0.1, 0.15) is 30.5 Å². The van der Waals surface area contributed by atoms with Gasteiger partial charge in [0.15, 0.2) is 0 Å². The van der Waals surface area contributed by atoms with Gasteiger partial charge in [-0.25, -0.2) is 0 Å². The van der Waals surface area contributed by atoms with Crippen LogP contribution in [0, 0.1) is 0 Å². The summed E-state index contributed by atoms with van der Waals surface area (Å²) in [5.74, 6) is 0. The van der Waals surface area contributed by atoms with Crippen molar-refractivity contribution in [1.82, 2.24) is 0 Å². The van der Waals surface area contributed by atoms with Gasteiger partial charge in [0.05, 0.1) is 19.8 Å². The Labute approximate surface area is 137 Å². The molecule has 108 valence electrons. The number of rotatable bonds is 3. The molecular formula is C16H28INSi. The topological polar surface area (TPSA) is 0 Å². The minimum Gasteiger partial charge on any atom is -1.00 e. The van der Waals surface area contributed by atoms with Crippen LogP contribution in [0.15, 0.2) is 24.3 Å². The first-order valence-corrected chi connectivity index (χ1v) is 11.0. The fraction of sp³-hybridized carbons (Fsp3) is 0.625. The summed E-state index contributed by atoms with van der Waals surface area (Å²) in [5, 5.41) is 0. The molecule has 0 aliphatic carbocycles. The molecule has 1 aliphatic rings. The molecule has 2 atom stereocenters. The van der Waals surface area contributed by atoms with E-state index < -0.39 is 8.07 Å². The van der Waals surface area contributed by atoms with Gasteiger partial charge in [0.25, 0.3) is 0 Å². The Morgan fingerprint density at radius 3 is 2.42 bits per heavy atom. The number of quaternary nitrogens is 1. The summed E-state index contributed by atoms with van der Waals surface area (Å²) in [6.45, 7) is 11.2. The van der Waals surface area contributed by atoms with E-state index in [0.717, 1.165) is 0 Å². The summed E-state index contributed by atoms with van der Waals surface area (Å²) in [6.07, 6.45) is 3.92. The molecule has 1 heterocycles. The lowest BCUT2D eigenvalue weighted by molar-refractivity contribution is -0.932. The van der Waals surface area contributed by atoms with Gasteiger partial charge in [-0.15, -0.1) is 0 Å². The van der Waals surface area contributed by atoms with Crippen LogP contribution >= 0.6 is 0 Å². The van der Waals surface area contributed by atoms with Gasteiger partial charge >= 0.3 is 0 Å². The van der Waals surface area contributed by atoms with Crippen molar-refractivity contribution in [3.05, 3.63) is 35.4 Å². The third-order valence-electron chi connectivity index (χ3n) is 4.28. The van der Waals surface area contributed by atoms with Crippen LogP contribution in [0.4, 0.5) is 0 Å². The van der Waals surface area contributed by atoms with Crippen molar-refractivity contribution in [2.75, 3.05) is 19.8 Å². The van der Waals surface area contributed by atoms with Gasteiger partial charge in [0.2, 0.25) is 0 Å². The van der Waals surface area contributed by atoms with Crippen LogP contribution in [-0.2, 0) is 6.42 Å². The van der Waals surface area contributed by atoms with Crippen LogP contribution in [0.5, 0.6) is 0 Å². The van der Waals surface area contributed by atoms with Gasteiger partial charge < -0.3 is 28.5 Å². The second kappa shape index (κ2) is 6.27. The van der Waals surface area contributed by atoms with Crippen LogP contribution in [0.2, 0.25) is 19.6 Å². The lowest BCUT2D eigenvalue weighted by Crippen LogP contribution is -3.00. The Kier molecular flexibility index (Phi) is 5.67. The monoisotopic (exact) mass is 389 g/mol. The summed E-state index contributed by atoms with van der Waals surface area (Å²) < 4.78 is 1.27. The lowest BCUT2D eigenvalue weighted by atomic mass is 9.90. The third-order valence-corrected chi connectivity index (χ3v) is 5.95. The molecule has 1 aromatic rings. The zero-order valence-electron chi connectivity index (χ0n) is 13.0. The van der Waals surface area contributed by atoms with E-state index in [-0.39, 0.29) is 24.0 Å². The molecule has 0 amide bonds. The second-order valence-corrected chi connectivity index (χ2v) is 12.7. The van der Waals surface area contributed by atoms with E-state index in [4.69, 9.17) is 0 Å². The number of benzene rings is 1. The number of halogens is 1. The van der Waals surface area contributed by atoms with Crippen molar-refractivity contribution in [3.63, 3.8) is 0 Å². The predicted molar refractivity (Wildman–Crippen MR) is 82.4 cm³/mol. The molecule has 1 aromatic carbocycles. The zero-order chi connectivity index (χ0) is 13.4. The van der Waals surface area contributed by atoms with Gasteiger partial charge in [0, 0.05) is 18.4 Å². The van der Waals surface area contributed by atoms with E-state index in [9.17, 15) is 0 Å². The highest BCUT2D eigenvalue weighted by Crippen LogP contribution is 2.37. The van der Waals surface area contributed by atoms with Crippen molar-refractivity contribution >= 4 is 8.07 Å². The van der Waals surface area contributed by atoms with Gasteiger partial charge in [0.1, 0.15) is 14.1 Å². The lowest BCUT2D eigenvalue weighted by Gasteiger charge is -2.48. The molecule has 0 aromatic heterocycles. The maximum absolute atomic E-state index is 2.50. The minimum absolute atomic E-state index is 0. The molecule has 0 spiro atoms. The quantitative estimate of drug-likeness (QED) is 0.412. The number of fused-ring (bicyclic) bond motifs is 1. The molecule has 0 saturated carbocycles. The van der Waals surface area contributed by atoms with Crippen LogP contribution in [0.3, 0.4) is 0 Å². The van der Waals surface area contributed by atoms with Crippen molar-refractivity contribution in [2.45, 2.75) is 45.4 Å². The predicted octanol–water partition coefficient (Wildman–Crippen LogP) is 1.02. The average Bonchev–Trinajstić information content (AvgIpc) is 2.26. The Hall–Kier alpha value is 0.127. The molecule has 2 rings (SSSR count). The largest absolute Gasteiger partial charge is 1.00 e. The molecule has 0 radical (unpaired) electrons. The summed E-state index contributed by atoms with van der Waals surface area (Å²) in [6, 6.07) is 9.81. The highest BCUT2D eigenvalue weighted by Gasteiger charge is 2.40. The standard InChI is InChI=1S/C16H28NSi.HI/c1-6-16-15-10-8-7-9-14(15)11-12-17(16,2)13-18(3,4)5;/h7-10,16H,6,11-13H2,1-5H3;1H/q+1;/p-1/t16-,17-;/m0./s1. The van der Waals surface area contributed by atoms with Crippen molar-refractivity contribution < 1.29 is 28.5 Å². The molecule has 0 saturated heterocycles. The van der Waals surface area contributed by atoms with Gasteiger partial charge in [-0.3, -0.25) is 0 Å². The fourth-order valence-electron chi connectivity index (χ4n) is 3.89. The smallest absolute Gasteiger partial charge is 0.114 e. The SMILES string of the molecule is CC[C@H]1c2ccccc2CC[N@@+]1(C)C[Si](C)(C)C.[I-]. The highest BCUT2D eigenvalue weighted by atomic mass is 127. The number of likely N-dealkylation sites (N-methyl/N-ethyl adjacent to an activating group) is 1. The number of hydrogen-bond acceptors (Lipinski definition) is 0. The summed E-state index contributed by atoms with van der Waals surface area (Å²) in [5.41, 5.74) is 3.21. The molecule has 1 aliphatic heterocycles. The zero-order valence-corrected chi connectivity index (χ0v) is 16.2. The number of nitrogens with zero attached hydrogens (tertiary/aromatic N) is 1. The normalized spacial score (nSPS) is 26.5. The van der Waals surface area contributed by atoms with E-state index in [1.165, 1.54) is 30.0 Å². The van der Waals surface area contributed by atoms with E-state index in [1.807, 2.05) is 0 Å². The first-order chi connectivity index (χ1) is 8.36. The molecular weight excluding hydrogens is 361 g/mol. The summed E-state index contributed by atoms with van der Waals surface area (Å²) in [7, 11) is 1.46. The van der Waals surface area contributed by atoms with Crippen molar-refractivity contribution in [2.24, 2.45) is 0 Å². The minimum atomic E-state index is -1.02. The van der Waals surface area contributed by atoms with E-state index in [2.05, 4.69) is 57.9 Å². The fourth-order valence-corrected chi connectivity index (χ4v) is 6.43. The first-order valence-electron chi connectivity index (χ1n) is 7.28. The summed E-state index contributed by atoms with van der Waals surface area (Å²) in [4.78, 5) is 0. The summed E-state index contributed by atoms with van der Waals surface area (Å²) >= 11 is 0. The van der Waals surface area contributed by atoms with Crippen LogP contribution < -0.4 is 24.0 Å². The third kappa shape index (κ3) is 3.82. The van der Waals surface area contributed by atoms with Gasteiger partial charge in [-0.1, -0.05) is 50.8 Å². The Balaban J connectivity index is 0.00000180. The van der Waals surface area contributed by atoms with E-state index in [0.29, 0.717) is 6.04 Å². The maximum Gasteiger partial charge on any atom is 0.114 e. The van der Waals surface area contributed by atoms with E-state index >= 15 is 0 Å². The van der Waals surface area contributed by atoms with Crippen molar-refractivity contribution in [1.29, 1.82) is 0 Å². The molecule has 3 heteroatoms. The maximum atomic E-state index is 2.50. The van der Waals surface area contributed by atoms with Crippen molar-refractivity contribution in [3.8, 4) is 0 Å². The molecule has 0 N–H and O–H groups in total. The van der Waals surface area contributed by atoms with Crippen LogP contribution in [-0.4, -0.2) is 32.3 Å². The molecule has 0 unspecified atom stereocenters. The Morgan fingerprint density at radius 1 is 1.21 bits per heavy atom. The second-order valence-electron chi connectivity index (χ2n) is 7.29. The van der Waals surface area contributed by atoms with Gasteiger partial charge in [-0.2, -0.15) is 0 Å². The molecule has 19 heavy (non-hydrogen) atoms. The molecule has 0 fully saturated rings. The number of hydrogen-bond donors (Lipinski definition) is 0. The molecule has 0 bridgehead atoms. The average molecular weight is 389 g/mol. The van der Waals surface area contributed by atoms with Crippen LogP contribution in [0.25, 0.3) is 0 Å². The first kappa shape index (κ1) is 17.2. The highest BCUT2D eigenvalue weighted by molar-refractivity contribution is 6.76. The molecule has 1 nitrogen and oxygen atoms in total. The Bertz CT molecular complexity index is 427. The Morgan fingerprint density at radius 2 is 1.84 bits per heavy atom.